The van der Waals surface area contributed by atoms with Crippen LogP contribution in [0.25, 0.3) is 0 Å². The fourth-order valence-electron chi connectivity index (χ4n) is 1.89. The Labute approximate surface area is 103 Å². The summed E-state index contributed by atoms with van der Waals surface area (Å²) in [6, 6.07) is 4.95. The molecule has 0 saturated carbocycles. The zero-order valence-corrected chi connectivity index (χ0v) is 9.62. The summed E-state index contributed by atoms with van der Waals surface area (Å²) in [4.78, 5) is 36.2. The largest absolute Gasteiger partial charge is 0.467 e. The topological polar surface area (TPSA) is 83.9 Å². The second-order valence-electron chi connectivity index (χ2n) is 3.75. The summed E-state index contributed by atoms with van der Waals surface area (Å²) in [5, 5.41) is 9.16. The van der Waals surface area contributed by atoms with Gasteiger partial charge in [-0.3, -0.25) is 14.5 Å². The lowest BCUT2D eigenvalue weighted by Gasteiger charge is -2.21. The molecule has 1 atom stereocenters. The standard InChI is InChI=1S/C12H11NO5/c1-18-12(17)9(6-14)13-10(15)7-4-2-3-5-8(7)11(13)16/h2-5,9,14H,6H2,1H3. The molecule has 2 rings (SSSR count). The molecular formula is C12H11NO5. The third-order valence-electron chi connectivity index (χ3n) is 2.78. The summed E-state index contributed by atoms with van der Waals surface area (Å²) in [6.45, 7) is -0.669. The van der Waals surface area contributed by atoms with Gasteiger partial charge in [0.1, 0.15) is 0 Å². The third-order valence-corrected chi connectivity index (χ3v) is 2.78. The average Bonchev–Trinajstić information content (AvgIpc) is 2.65. The highest BCUT2D eigenvalue weighted by Crippen LogP contribution is 2.24. The molecule has 6 nitrogen and oxygen atoms in total. The fraction of sp³-hybridized carbons (Fsp3) is 0.250. The van der Waals surface area contributed by atoms with Gasteiger partial charge in [0.15, 0.2) is 6.04 Å². The van der Waals surface area contributed by atoms with Crippen LogP contribution in [0, 0.1) is 0 Å². The van der Waals surface area contributed by atoms with Gasteiger partial charge < -0.3 is 9.84 Å². The number of carbonyl (C=O) groups is 3. The predicted octanol–water partition coefficient (Wildman–Crippen LogP) is -0.184. The van der Waals surface area contributed by atoms with E-state index in [1.54, 1.807) is 12.1 Å². The van der Waals surface area contributed by atoms with Gasteiger partial charge in [0.05, 0.1) is 24.8 Å². The van der Waals surface area contributed by atoms with E-state index in [9.17, 15) is 14.4 Å². The van der Waals surface area contributed by atoms with Crippen molar-refractivity contribution in [1.29, 1.82) is 0 Å². The number of methoxy groups -OCH3 is 1. The van der Waals surface area contributed by atoms with E-state index < -0.39 is 30.4 Å². The van der Waals surface area contributed by atoms with Crippen molar-refractivity contribution in [2.75, 3.05) is 13.7 Å². The van der Waals surface area contributed by atoms with E-state index >= 15 is 0 Å². The van der Waals surface area contributed by atoms with Crippen LogP contribution >= 0.6 is 0 Å². The molecule has 0 bridgehead atoms. The lowest BCUT2D eigenvalue weighted by molar-refractivity contribution is -0.146. The zero-order chi connectivity index (χ0) is 13.3. The molecule has 1 aromatic rings. The van der Waals surface area contributed by atoms with Crippen molar-refractivity contribution < 1.29 is 24.2 Å². The minimum Gasteiger partial charge on any atom is -0.467 e. The SMILES string of the molecule is COC(=O)C(CO)N1C(=O)c2ccccc2C1=O. The Hall–Kier alpha value is -2.21. The Bertz CT molecular complexity index is 490. The van der Waals surface area contributed by atoms with Crippen LogP contribution in [0.4, 0.5) is 0 Å². The van der Waals surface area contributed by atoms with Crippen LogP contribution in [0.2, 0.25) is 0 Å². The average molecular weight is 249 g/mol. The van der Waals surface area contributed by atoms with Crippen molar-refractivity contribution in [1.82, 2.24) is 4.90 Å². The van der Waals surface area contributed by atoms with Gasteiger partial charge in [-0.05, 0) is 12.1 Å². The number of imide groups is 1. The second-order valence-corrected chi connectivity index (χ2v) is 3.75. The molecule has 1 heterocycles. The van der Waals surface area contributed by atoms with Gasteiger partial charge in [-0.1, -0.05) is 12.1 Å². The molecule has 1 N–H and O–H groups in total. The van der Waals surface area contributed by atoms with Crippen LogP contribution in [-0.2, 0) is 9.53 Å². The van der Waals surface area contributed by atoms with Crippen LogP contribution in [0.3, 0.4) is 0 Å². The molecule has 0 aromatic heterocycles. The molecule has 18 heavy (non-hydrogen) atoms. The molecule has 0 saturated heterocycles. The summed E-state index contributed by atoms with van der Waals surface area (Å²) in [5.74, 6) is -2.02. The number of esters is 1. The number of carbonyl (C=O) groups excluding carboxylic acids is 3. The van der Waals surface area contributed by atoms with Gasteiger partial charge in [0.2, 0.25) is 0 Å². The Balaban J connectivity index is 2.41. The molecule has 2 amide bonds. The van der Waals surface area contributed by atoms with Gasteiger partial charge >= 0.3 is 5.97 Å². The number of ether oxygens (including phenoxy) is 1. The molecule has 1 aliphatic heterocycles. The molecular weight excluding hydrogens is 238 g/mol. The van der Waals surface area contributed by atoms with Crippen LogP contribution < -0.4 is 0 Å². The number of rotatable bonds is 3. The van der Waals surface area contributed by atoms with Gasteiger partial charge in [-0.2, -0.15) is 0 Å². The number of hydrogen-bond donors (Lipinski definition) is 1. The van der Waals surface area contributed by atoms with Gasteiger partial charge in [-0.25, -0.2) is 4.79 Å². The summed E-state index contributed by atoms with van der Waals surface area (Å²) < 4.78 is 4.47. The smallest absolute Gasteiger partial charge is 0.331 e. The molecule has 1 aromatic carbocycles. The Morgan fingerprint density at radius 3 is 2.17 bits per heavy atom. The first kappa shape index (κ1) is 12.3. The van der Waals surface area contributed by atoms with Crippen molar-refractivity contribution in [3.05, 3.63) is 35.4 Å². The third kappa shape index (κ3) is 1.67. The number of fused-ring (bicyclic) bond motifs is 1. The predicted molar refractivity (Wildman–Crippen MR) is 59.8 cm³/mol. The van der Waals surface area contributed by atoms with E-state index in [0.29, 0.717) is 0 Å². The number of benzene rings is 1. The maximum absolute atomic E-state index is 12.0. The normalized spacial score (nSPS) is 15.6. The minimum atomic E-state index is -1.30. The van der Waals surface area contributed by atoms with Crippen LogP contribution in [0.1, 0.15) is 20.7 Å². The van der Waals surface area contributed by atoms with Gasteiger partial charge in [0.25, 0.3) is 11.8 Å². The van der Waals surface area contributed by atoms with Crippen molar-refractivity contribution in [2.45, 2.75) is 6.04 Å². The second kappa shape index (κ2) is 4.58. The molecule has 1 aliphatic rings. The summed E-state index contributed by atoms with van der Waals surface area (Å²) in [5.41, 5.74) is 0.453. The first-order valence-corrected chi connectivity index (χ1v) is 5.27. The summed E-state index contributed by atoms with van der Waals surface area (Å²) in [6.07, 6.45) is 0. The molecule has 94 valence electrons. The number of nitrogens with zero attached hydrogens (tertiary/aromatic N) is 1. The molecule has 0 aliphatic carbocycles. The molecule has 1 unspecified atom stereocenters. The van der Waals surface area contributed by atoms with E-state index in [2.05, 4.69) is 4.74 Å². The first-order valence-electron chi connectivity index (χ1n) is 5.27. The Kier molecular flexibility index (Phi) is 3.12. The minimum absolute atomic E-state index is 0.227. The lowest BCUT2D eigenvalue weighted by Crippen LogP contribution is -2.47. The first-order chi connectivity index (χ1) is 8.61. The van der Waals surface area contributed by atoms with Crippen LogP contribution in [-0.4, -0.2) is 47.5 Å². The van der Waals surface area contributed by atoms with E-state index in [0.717, 1.165) is 12.0 Å². The van der Waals surface area contributed by atoms with Crippen molar-refractivity contribution in [2.24, 2.45) is 0 Å². The molecule has 6 heteroatoms. The number of aliphatic hydroxyl groups is 1. The van der Waals surface area contributed by atoms with Crippen molar-refractivity contribution >= 4 is 17.8 Å². The van der Waals surface area contributed by atoms with E-state index in [4.69, 9.17) is 5.11 Å². The lowest BCUT2D eigenvalue weighted by atomic mass is 10.1. The van der Waals surface area contributed by atoms with E-state index in [1.165, 1.54) is 12.1 Å². The van der Waals surface area contributed by atoms with Gasteiger partial charge in [0, 0.05) is 0 Å². The Morgan fingerprint density at radius 1 is 1.28 bits per heavy atom. The summed E-state index contributed by atoms with van der Waals surface area (Å²) in [7, 11) is 1.13. The van der Waals surface area contributed by atoms with E-state index in [-0.39, 0.29) is 11.1 Å². The Morgan fingerprint density at radius 2 is 1.78 bits per heavy atom. The number of amides is 2. The highest BCUT2D eigenvalue weighted by Gasteiger charge is 2.42. The van der Waals surface area contributed by atoms with Crippen molar-refractivity contribution in [3.8, 4) is 0 Å². The maximum Gasteiger partial charge on any atom is 0.331 e. The van der Waals surface area contributed by atoms with E-state index in [1.807, 2.05) is 0 Å². The molecule has 0 fully saturated rings. The van der Waals surface area contributed by atoms with Crippen LogP contribution in [0.5, 0.6) is 0 Å². The zero-order valence-electron chi connectivity index (χ0n) is 9.62. The quantitative estimate of drug-likeness (QED) is 0.593. The highest BCUT2D eigenvalue weighted by molar-refractivity contribution is 6.22. The maximum atomic E-state index is 12.0. The van der Waals surface area contributed by atoms with Crippen molar-refractivity contribution in [3.63, 3.8) is 0 Å². The highest BCUT2D eigenvalue weighted by atomic mass is 16.5. The van der Waals surface area contributed by atoms with Crippen LogP contribution in [0.15, 0.2) is 24.3 Å². The summed E-state index contributed by atoms with van der Waals surface area (Å²) >= 11 is 0. The number of aliphatic hydroxyl groups excluding tert-OH is 1. The number of hydrogen-bond acceptors (Lipinski definition) is 5. The monoisotopic (exact) mass is 249 g/mol. The fourth-order valence-corrected chi connectivity index (χ4v) is 1.89. The molecule has 0 radical (unpaired) electrons. The molecule has 0 spiro atoms. The van der Waals surface area contributed by atoms with Gasteiger partial charge in [-0.15, -0.1) is 0 Å².